The molecule has 0 unspecified atom stereocenters. The van der Waals surface area contributed by atoms with Gasteiger partial charge in [-0.2, -0.15) is 0 Å². The first-order valence-electron chi connectivity index (χ1n) is 6.39. The molecule has 0 atom stereocenters. The SMILES string of the molecule is CCc1ccc(N(C)c2cccc(Cl)c2C(=O)O)cc1. The van der Waals surface area contributed by atoms with E-state index in [0.29, 0.717) is 5.69 Å². The Hall–Kier alpha value is -2.00. The van der Waals surface area contributed by atoms with Gasteiger partial charge in [-0.1, -0.05) is 36.7 Å². The molecule has 0 aromatic heterocycles. The van der Waals surface area contributed by atoms with Crippen molar-refractivity contribution in [1.82, 2.24) is 0 Å². The summed E-state index contributed by atoms with van der Waals surface area (Å²) in [7, 11) is 1.83. The number of hydrogen-bond donors (Lipinski definition) is 1. The Labute approximate surface area is 123 Å². The van der Waals surface area contributed by atoms with Crippen molar-refractivity contribution in [2.75, 3.05) is 11.9 Å². The number of carboxylic acid groups (broad SMARTS) is 1. The highest BCUT2D eigenvalue weighted by Gasteiger charge is 2.17. The summed E-state index contributed by atoms with van der Waals surface area (Å²) in [6, 6.07) is 13.1. The van der Waals surface area contributed by atoms with Crippen LogP contribution in [0.4, 0.5) is 11.4 Å². The zero-order valence-corrected chi connectivity index (χ0v) is 12.2. The molecule has 0 radical (unpaired) electrons. The van der Waals surface area contributed by atoms with Gasteiger partial charge < -0.3 is 10.0 Å². The molecule has 20 heavy (non-hydrogen) atoms. The van der Waals surface area contributed by atoms with Gasteiger partial charge in [0, 0.05) is 12.7 Å². The van der Waals surface area contributed by atoms with Crippen molar-refractivity contribution in [2.24, 2.45) is 0 Å². The lowest BCUT2D eigenvalue weighted by molar-refractivity contribution is 0.0698. The summed E-state index contributed by atoms with van der Waals surface area (Å²) in [5, 5.41) is 9.56. The molecule has 2 aromatic carbocycles. The summed E-state index contributed by atoms with van der Waals surface area (Å²) in [6.45, 7) is 2.10. The third kappa shape index (κ3) is 2.78. The maximum Gasteiger partial charge on any atom is 0.339 e. The fourth-order valence-corrected chi connectivity index (χ4v) is 2.35. The Morgan fingerprint density at radius 3 is 2.40 bits per heavy atom. The average molecular weight is 290 g/mol. The van der Waals surface area contributed by atoms with E-state index in [1.54, 1.807) is 18.2 Å². The normalized spacial score (nSPS) is 10.3. The molecule has 2 rings (SSSR count). The molecule has 0 aliphatic carbocycles. The Bertz CT molecular complexity index is 623. The topological polar surface area (TPSA) is 40.5 Å². The number of aryl methyl sites for hydroxylation is 1. The van der Waals surface area contributed by atoms with Crippen LogP contribution in [0.15, 0.2) is 42.5 Å². The molecule has 4 heteroatoms. The lowest BCUT2D eigenvalue weighted by atomic mass is 10.1. The maximum atomic E-state index is 11.4. The van der Waals surface area contributed by atoms with Crippen LogP contribution in [0.1, 0.15) is 22.8 Å². The molecular weight excluding hydrogens is 274 g/mol. The smallest absolute Gasteiger partial charge is 0.339 e. The van der Waals surface area contributed by atoms with Crippen molar-refractivity contribution in [3.63, 3.8) is 0 Å². The molecule has 3 nitrogen and oxygen atoms in total. The fraction of sp³-hybridized carbons (Fsp3) is 0.188. The third-order valence-electron chi connectivity index (χ3n) is 3.30. The van der Waals surface area contributed by atoms with Crippen molar-refractivity contribution < 1.29 is 9.90 Å². The van der Waals surface area contributed by atoms with E-state index in [1.807, 2.05) is 36.2 Å². The summed E-state index contributed by atoms with van der Waals surface area (Å²) >= 11 is 6.00. The number of anilines is 2. The highest BCUT2D eigenvalue weighted by atomic mass is 35.5. The van der Waals surface area contributed by atoms with E-state index in [2.05, 4.69) is 6.92 Å². The summed E-state index contributed by atoms with van der Waals surface area (Å²) in [6.07, 6.45) is 0.974. The first kappa shape index (κ1) is 14.4. The number of hydrogen-bond acceptors (Lipinski definition) is 2. The summed E-state index contributed by atoms with van der Waals surface area (Å²) < 4.78 is 0. The van der Waals surface area contributed by atoms with E-state index < -0.39 is 5.97 Å². The molecule has 0 saturated heterocycles. The molecule has 1 N–H and O–H groups in total. The number of aromatic carboxylic acids is 1. The number of carboxylic acids is 1. The minimum Gasteiger partial charge on any atom is -0.478 e. The molecule has 0 amide bonds. The van der Waals surface area contributed by atoms with Crippen molar-refractivity contribution in [2.45, 2.75) is 13.3 Å². The van der Waals surface area contributed by atoms with Gasteiger partial charge in [-0.05, 0) is 36.2 Å². The number of rotatable bonds is 4. The van der Waals surface area contributed by atoms with Crippen molar-refractivity contribution in [1.29, 1.82) is 0 Å². The molecule has 0 fully saturated rings. The highest BCUT2D eigenvalue weighted by molar-refractivity contribution is 6.34. The highest BCUT2D eigenvalue weighted by Crippen LogP contribution is 2.31. The molecule has 0 saturated carbocycles. The van der Waals surface area contributed by atoms with Crippen LogP contribution in [0.3, 0.4) is 0 Å². The van der Waals surface area contributed by atoms with E-state index in [1.165, 1.54) is 5.56 Å². The predicted octanol–water partition coefficient (Wildman–Crippen LogP) is 4.37. The van der Waals surface area contributed by atoms with Crippen LogP contribution in [0.25, 0.3) is 0 Å². The van der Waals surface area contributed by atoms with Gasteiger partial charge in [0.05, 0.1) is 10.7 Å². The first-order chi connectivity index (χ1) is 9.54. The van der Waals surface area contributed by atoms with Crippen LogP contribution in [-0.4, -0.2) is 18.1 Å². The molecular formula is C16H16ClNO2. The van der Waals surface area contributed by atoms with Gasteiger partial charge in [0.25, 0.3) is 0 Å². The molecule has 104 valence electrons. The Kier molecular flexibility index (Phi) is 4.30. The number of halogens is 1. The van der Waals surface area contributed by atoms with Gasteiger partial charge >= 0.3 is 5.97 Å². The lowest BCUT2D eigenvalue weighted by Gasteiger charge is -2.22. The van der Waals surface area contributed by atoms with Crippen LogP contribution in [0, 0.1) is 0 Å². The summed E-state index contributed by atoms with van der Waals surface area (Å²) in [5.74, 6) is -1.03. The lowest BCUT2D eigenvalue weighted by Crippen LogP contribution is -2.14. The Morgan fingerprint density at radius 1 is 1.20 bits per heavy atom. The van der Waals surface area contributed by atoms with Crippen LogP contribution in [-0.2, 0) is 6.42 Å². The standard InChI is InChI=1S/C16H16ClNO2/c1-3-11-7-9-12(10-8-11)18(2)14-6-4-5-13(17)15(14)16(19)20/h4-10H,3H2,1-2H3,(H,19,20). The van der Waals surface area contributed by atoms with Gasteiger partial charge in [0.2, 0.25) is 0 Å². The van der Waals surface area contributed by atoms with E-state index >= 15 is 0 Å². The zero-order chi connectivity index (χ0) is 14.7. The van der Waals surface area contributed by atoms with E-state index in [0.717, 1.165) is 12.1 Å². The monoisotopic (exact) mass is 289 g/mol. The van der Waals surface area contributed by atoms with Crippen molar-refractivity contribution >= 4 is 28.9 Å². The Balaban J connectivity index is 2.44. The zero-order valence-electron chi connectivity index (χ0n) is 11.4. The first-order valence-corrected chi connectivity index (χ1v) is 6.77. The summed E-state index contributed by atoms with van der Waals surface area (Å²) in [4.78, 5) is 13.2. The van der Waals surface area contributed by atoms with Crippen LogP contribution in [0.5, 0.6) is 0 Å². The van der Waals surface area contributed by atoms with Gasteiger partial charge in [0.1, 0.15) is 5.56 Å². The van der Waals surface area contributed by atoms with Crippen molar-refractivity contribution in [3.8, 4) is 0 Å². The van der Waals surface area contributed by atoms with Gasteiger partial charge in [-0.15, -0.1) is 0 Å². The van der Waals surface area contributed by atoms with Crippen molar-refractivity contribution in [3.05, 3.63) is 58.6 Å². The van der Waals surface area contributed by atoms with Crippen LogP contribution < -0.4 is 4.90 Å². The summed E-state index contributed by atoms with van der Waals surface area (Å²) in [5.41, 5.74) is 2.86. The van der Waals surface area contributed by atoms with Crippen LogP contribution in [0.2, 0.25) is 5.02 Å². The second-order valence-corrected chi connectivity index (χ2v) is 4.93. The number of nitrogens with zero attached hydrogens (tertiary/aromatic N) is 1. The van der Waals surface area contributed by atoms with Crippen LogP contribution >= 0.6 is 11.6 Å². The quantitative estimate of drug-likeness (QED) is 0.908. The number of carbonyl (C=O) groups is 1. The molecule has 0 aliphatic rings. The van der Waals surface area contributed by atoms with Gasteiger partial charge in [-0.3, -0.25) is 0 Å². The minimum absolute atomic E-state index is 0.122. The van der Waals surface area contributed by atoms with Gasteiger partial charge in [0.15, 0.2) is 0 Å². The molecule has 0 bridgehead atoms. The van der Waals surface area contributed by atoms with E-state index in [-0.39, 0.29) is 10.6 Å². The van der Waals surface area contributed by atoms with E-state index in [4.69, 9.17) is 11.6 Å². The van der Waals surface area contributed by atoms with E-state index in [9.17, 15) is 9.90 Å². The number of benzene rings is 2. The second kappa shape index (κ2) is 5.97. The fourth-order valence-electron chi connectivity index (χ4n) is 2.10. The minimum atomic E-state index is -1.03. The maximum absolute atomic E-state index is 11.4. The predicted molar refractivity (Wildman–Crippen MR) is 82.3 cm³/mol. The second-order valence-electron chi connectivity index (χ2n) is 4.52. The molecule has 0 aliphatic heterocycles. The Morgan fingerprint density at radius 2 is 1.85 bits per heavy atom. The molecule has 0 spiro atoms. The third-order valence-corrected chi connectivity index (χ3v) is 3.61. The largest absolute Gasteiger partial charge is 0.478 e. The molecule has 0 heterocycles. The van der Waals surface area contributed by atoms with Gasteiger partial charge in [-0.25, -0.2) is 4.79 Å². The molecule has 2 aromatic rings. The average Bonchev–Trinajstić information content (AvgIpc) is 2.46.